The first kappa shape index (κ1) is 16.8. The van der Waals surface area contributed by atoms with Gasteiger partial charge in [0, 0.05) is 0 Å². The molecule has 1 heterocycles. The zero-order valence-corrected chi connectivity index (χ0v) is 13.9. The van der Waals surface area contributed by atoms with Gasteiger partial charge in [0.25, 0.3) is 5.91 Å². The molecule has 0 fully saturated rings. The summed E-state index contributed by atoms with van der Waals surface area (Å²) in [5, 5.41) is 3.80. The number of aryl methyl sites for hydroxylation is 1. The fourth-order valence-corrected chi connectivity index (χ4v) is 1.99. The first-order chi connectivity index (χ1) is 10.9. The van der Waals surface area contributed by atoms with E-state index in [2.05, 4.69) is 37.4 Å². The van der Waals surface area contributed by atoms with Crippen LogP contribution in [0.1, 0.15) is 37.7 Å². The molecule has 1 aromatic heterocycles. The maximum Gasteiger partial charge on any atom is 0.277 e. The maximum absolute atomic E-state index is 11.7. The molecule has 2 rings (SSSR count). The molecule has 0 bridgehead atoms. The number of carbonyl (C=O) groups excluding carboxylic acids is 1. The third-order valence-corrected chi connectivity index (χ3v) is 3.32. The molecular formula is C18H22N2O3. The Labute approximate surface area is 136 Å². The van der Waals surface area contributed by atoms with Crippen LogP contribution in [0.25, 0.3) is 0 Å². The second-order valence-corrected chi connectivity index (χ2v) is 6.33. The van der Waals surface area contributed by atoms with Crippen LogP contribution in [0.15, 0.2) is 46.1 Å². The van der Waals surface area contributed by atoms with Crippen LogP contribution in [-0.2, 0) is 10.2 Å². The number of hydrazone groups is 1. The van der Waals surface area contributed by atoms with Crippen molar-refractivity contribution in [3.8, 4) is 5.75 Å². The number of benzene rings is 1. The van der Waals surface area contributed by atoms with Crippen molar-refractivity contribution in [1.29, 1.82) is 0 Å². The normalized spacial score (nSPS) is 11.7. The van der Waals surface area contributed by atoms with Crippen molar-refractivity contribution in [2.45, 2.75) is 33.1 Å². The molecule has 0 aliphatic heterocycles. The largest absolute Gasteiger partial charge is 0.483 e. The van der Waals surface area contributed by atoms with Gasteiger partial charge in [0.05, 0.1) is 12.5 Å². The van der Waals surface area contributed by atoms with Crippen molar-refractivity contribution >= 4 is 12.1 Å². The van der Waals surface area contributed by atoms with E-state index in [0.717, 1.165) is 5.56 Å². The Morgan fingerprint density at radius 2 is 2.13 bits per heavy atom. The van der Waals surface area contributed by atoms with Gasteiger partial charge in [-0.2, -0.15) is 5.10 Å². The topological polar surface area (TPSA) is 63.8 Å². The SMILES string of the molecule is Cc1cc(C(C)(C)C)ccc1OCC(=O)N/N=C\c1ccco1. The van der Waals surface area contributed by atoms with Crippen LogP contribution in [0.2, 0.25) is 0 Å². The standard InChI is InChI=1S/C18H22N2O3/c1-13-10-14(18(2,3)4)7-8-16(13)23-12-17(21)20-19-11-15-6-5-9-22-15/h5-11H,12H2,1-4H3,(H,20,21)/b19-11-. The molecule has 1 amide bonds. The van der Waals surface area contributed by atoms with Gasteiger partial charge in [0.1, 0.15) is 11.5 Å². The summed E-state index contributed by atoms with van der Waals surface area (Å²) in [6.07, 6.45) is 2.97. The lowest BCUT2D eigenvalue weighted by molar-refractivity contribution is -0.123. The molecule has 5 heteroatoms. The molecule has 122 valence electrons. The molecule has 0 saturated carbocycles. The summed E-state index contributed by atoms with van der Waals surface area (Å²) in [6, 6.07) is 9.50. The number of nitrogens with zero attached hydrogens (tertiary/aromatic N) is 1. The second kappa shape index (κ2) is 7.13. The van der Waals surface area contributed by atoms with Crippen molar-refractivity contribution in [1.82, 2.24) is 5.43 Å². The molecule has 0 unspecified atom stereocenters. The number of carbonyl (C=O) groups is 1. The minimum Gasteiger partial charge on any atom is -0.483 e. The molecule has 1 aromatic carbocycles. The van der Waals surface area contributed by atoms with Crippen molar-refractivity contribution < 1.29 is 13.9 Å². The Morgan fingerprint density at radius 1 is 1.35 bits per heavy atom. The molecule has 2 aromatic rings. The van der Waals surface area contributed by atoms with Crippen LogP contribution in [0.5, 0.6) is 5.75 Å². The quantitative estimate of drug-likeness (QED) is 0.679. The zero-order valence-electron chi connectivity index (χ0n) is 13.9. The second-order valence-electron chi connectivity index (χ2n) is 6.33. The molecule has 0 radical (unpaired) electrons. The highest BCUT2D eigenvalue weighted by Crippen LogP contribution is 2.27. The smallest absolute Gasteiger partial charge is 0.277 e. The van der Waals surface area contributed by atoms with Crippen LogP contribution in [0.3, 0.4) is 0 Å². The number of furan rings is 1. The first-order valence-corrected chi connectivity index (χ1v) is 7.45. The summed E-state index contributed by atoms with van der Waals surface area (Å²) >= 11 is 0. The van der Waals surface area contributed by atoms with E-state index in [9.17, 15) is 4.79 Å². The lowest BCUT2D eigenvalue weighted by Gasteiger charge is -2.20. The predicted molar refractivity (Wildman–Crippen MR) is 89.8 cm³/mol. The van der Waals surface area contributed by atoms with Gasteiger partial charge >= 0.3 is 0 Å². The van der Waals surface area contributed by atoms with E-state index in [4.69, 9.17) is 9.15 Å². The number of hydrogen-bond acceptors (Lipinski definition) is 4. The Balaban J connectivity index is 1.87. The lowest BCUT2D eigenvalue weighted by atomic mass is 9.86. The third-order valence-electron chi connectivity index (χ3n) is 3.32. The van der Waals surface area contributed by atoms with Crippen LogP contribution in [-0.4, -0.2) is 18.7 Å². The Kier molecular flexibility index (Phi) is 5.21. The highest BCUT2D eigenvalue weighted by atomic mass is 16.5. The average Bonchev–Trinajstić information content (AvgIpc) is 2.98. The monoisotopic (exact) mass is 314 g/mol. The van der Waals surface area contributed by atoms with E-state index in [1.807, 2.05) is 19.1 Å². The van der Waals surface area contributed by atoms with Crippen molar-refractivity contribution in [2.75, 3.05) is 6.61 Å². The highest BCUT2D eigenvalue weighted by molar-refractivity contribution is 5.81. The van der Waals surface area contributed by atoms with Gasteiger partial charge in [0.2, 0.25) is 0 Å². The average molecular weight is 314 g/mol. The van der Waals surface area contributed by atoms with Crippen molar-refractivity contribution in [3.05, 3.63) is 53.5 Å². The number of ether oxygens (including phenoxy) is 1. The van der Waals surface area contributed by atoms with Crippen LogP contribution < -0.4 is 10.2 Å². The van der Waals surface area contributed by atoms with E-state index in [1.165, 1.54) is 18.0 Å². The van der Waals surface area contributed by atoms with E-state index in [-0.39, 0.29) is 17.9 Å². The maximum atomic E-state index is 11.7. The van der Waals surface area contributed by atoms with Gasteiger partial charge in [0.15, 0.2) is 6.61 Å². The number of nitrogens with one attached hydrogen (secondary N) is 1. The van der Waals surface area contributed by atoms with Gasteiger partial charge in [-0.25, -0.2) is 5.43 Å². The molecule has 0 atom stereocenters. The molecule has 1 N–H and O–H groups in total. The van der Waals surface area contributed by atoms with Gasteiger partial charge in [-0.1, -0.05) is 32.9 Å². The van der Waals surface area contributed by atoms with E-state index in [1.54, 1.807) is 12.1 Å². The summed E-state index contributed by atoms with van der Waals surface area (Å²) in [5.74, 6) is 0.940. The summed E-state index contributed by atoms with van der Waals surface area (Å²) in [4.78, 5) is 11.7. The predicted octanol–water partition coefficient (Wildman–Crippen LogP) is 3.41. The van der Waals surface area contributed by atoms with Gasteiger partial charge < -0.3 is 9.15 Å². The van der Waals surface area contributed by atoms with Crippen molar-refractivity contribution in [3.63, 3.8) is 0 Å². The molecular weight excluding hydrogens is 292 g/mol. The summed E-state index contributed by atoms with van der Waals surface area (Å²) in [6.45, 7) is 8.36. The molecule has 0 aliphatic rings. The fourth-order valence-electron chi connectivity index (χ4n) is 1.99. The highest BCUT2D eigenvalue weighted by Gasteiger charge is 2.15. The Bertz CT molecular complexity index is 683. The lowest BCUT2D eigenvalue weighted by Crippen LogP contribution is -2.24. The Morgan fingerprint density at radius 3 is 2.74 bits per heavy atom. The summed E-state index contributed by atoms with van der Waals surface area (Å²) in [5.41, 5.74) is 4.71. The van der Waals surface area contributed by atoms with Crippen LogP contribution in [0, 0.1) is 6.92 Å². The Hall–Kier alpha value is -2.56. The summed E-state index contributed by atoms with van der Waals surface area (Å²) in [7, 11) is 0. The van der Waals surface area contributed by atoms with E-state index < -0.39 is 0 Å². The van der Waals surface area contributed by atoms with Crippen LogP contribution >= 0.6 is 0 Å². The molecule has 0 spiro atoms. The van der Waals surface area contributed by atoms with Crippen molar-refractivity contribution in [2.24, 2.45) is 5.10 Å². The minimum absolute atomic E-state index is 0.0846. The van der Waals surface area contributed by atoms with Gasteiger partial charge in [-0.15, -0.1) is 0 Å². The minimum atomic E-state index is -0.327. The third kappa shape index (κ3) is 4.98. The van der Waals surface area contributed by atoms with Gasteiger partial charge in [-0.05, 0) is 41.7 Å². The number of rotatable bonds is 5. The number of amides is 1. The van der Waals surface area contributed by atoms with E-state index in [0.29, 0.717) is 11.5 Å². The van der Waals surface area contributed by atoms with Gasteiger partial charge in [-0.3, -0.25) is 4.79 Å². The number of hydrogen-bond donors (Lipinski definition) is 1. The van der Waals surface area contributed by atoms with Crippen LogP contribution in [0.4, 0.5) is 0 Å². The molecule has 0 aliphatic carbocycles. The molecule has 23 heavy (non-hydrogen) atoms. The zero-order chi connectivity index (χ0) is 16.9. The fraction of sp³-hybridized carbons (Fsp3) is 0.333. The first-order valence-electron chi connectivity index (χ1n) is 7.45. The summed E-state index contributed by atoms with van der Waals surface area (Å²) < 4.78 is 10.6. The molecule has 5 nitrogen and oxygen atoms in total. The van der Waals surface area contributed by atoms with E-state index >= 15 is 0 Å². The molecule has 0 saturated heterocycles.